The van der Waals surface area contributed by atoms with Crippen LogP contribution in [0.1, 0.15) is 45.2 Å². The lowest BCUT2D eigenvalue weighted by Gasteiger charge is -2.39. The normalized spacial score (nSPS) is 20.9. The first-order valence-electron chi connectivity index (χ1n) is 12.3. The van der Waals surface area contributed by atoms with Crippen LogP contribution >= 0.6 is 0 Å². The molecule has 4 rings (SSSR count). The summed E-state index contributed by atoms with van der Waals surface area (Å²) in [4.78, 5) is 52.0. The first kappa shape index (κ1) is 26.4. The summed E-state index contributed by atoms with van der Waals surface area (Å²) in [5, 5.41) is 11.9. The third kappa shape index (κ3) is 5.70. The molecule has 1 aromatic heterocycles. The minimum absolute atomic E-state index is 0.190. The Hall–Kier alpha value is -3.62. The van der Waals surface area contributed by atoms with Crippen molar-refractivity contribution in [1.29, 1.82) is 0 Å². The number of carboxylic acid groups (broad SMARTS) is 1. The summed E-state index contributed by atoms with van der Waals surface area (Å²) in [5.74, 6) is 5.53. The number of carbonyl (C=O) groups excluding carboxylic acids is 2. The predicted molar refractivity (Wildman–Crippen MR) is 136 cm³/mol. The van der Waals surface area contributed by atoms with Crippen LogP contribution in [-0.4, -0.2) is 86.4 Å². The van der Waals surface area contributed by atoms with Crippen LogP contribution in [0.5, 0.6) is 0 Å². The number of morpholine rings is 1. The summed E-state index contributed by atoms with van der Waals surface area (Å²) in [6.45, 7) is 8.16. The Labute approximate surface area is 215 Å². The van der Waals surface area contributed by atoms with Gasteiger partial charge in [0.25, 0.3) is 0 Å². The monoisotopic (exact) mass is 511 g/mol. The number of hydrogen-bond acceptors (Lipinski definition) is 6. The Morgan fingerprint density at radius 3 is 2.68 bits per heavy atom. The van der Waals surface area contributed by atoms with Crippen molar-refractivity contribution in [2.75, 3.05) is 32.8 Å². The molecule has 0 bridgehead atoms. The number of carbonyl (C=O) groups is 3. The fourth-order valence-electron chi connectivity index (χ4n) is 4.80. The smallest absolute Gasteiger partial charge is 0.407 e. The molecule has 3 amide bonds. The summed E-state index contributed by atoms with van der Waals surface area (Å²) >= 11 is 0. The van der Waals surface area contributed by atoms with Gasteiger partial charge < -0.3 is 14.7 Å². The lowest BCUT2D eigenvalue weighted by atomic mass is 10.1. The quantitative estimate of drug-likeness (QED) is 0.466. The molecule has 11 nitrogen and oxygen atoms in total. The van der Waals surface area contributed by atoms with Gasteiger partial charge in [-0.2, -0.15) is 0 Å². The molecule has 2 atom stereocenters. The average Bonchev–Trinajstić information content (AvgIpc) is 3.07. The van der Waals surface area contributed by atoms with Gasteiger partial charge in [-0.05, 0) is 45.4 Å². The molecule has 1 aromatic carbocycles. The Morgan fingerprint density at radius 2 is 2.00 bits per heavy atom. The maximum Gasteiger partial charge on any atom is 0.407 e. The highest BCUT2D eigenvalue weighted by Gasteiger charge is 2.32. The van der Waals surface area contributed by atoms with Gasteiger partial charge in [-0.1, -0.05) is 11.8 Å². The van der Waals surface area contributed by atoms with Crippen molar-refractivity contribution in [1.82, 2.24) is 24.3 Å². The van der Waals surface area contributed by atoms with E-state index in [1.54, 1.807) is 13.1 Å². The van der Waals surface area contributed by atoms with Crippen LogP contribution in [0.15, 0.2) is 23.0 Å². The molecule has 2 aliphatic rings. The van der Waals surface area contributed by atoms with Crippen LogP contribution in [0.3, 0.4) is 0 Å². The lowest BCUT2D eigenvalue weighted by Crippen LogP contribution is -2.53. The van der Waals surface area contributed by atoms with Crippen molar-refractivity contribution >= 4 is 28.9 Å². The summed E-state index contributed by atoms with van der Waals surface area (Å²) in [6, 6.07) is 4.69. The topological polar surface area (TPSA) is 126 Å². The number of amides is 3. The van der Waals surface area contributed by atoms with Gasteiger partial charge >= 0.3 is 11.8 Å². The van der Waals surface area contributed by atoms with Gasteiger partial charge in [-0.15, -0.1) is 0 Å². The molecule has 2 fully saturated rings. The molecule has 2 N–H and O–H groups in total. The van der Waals surface area contributed by atoms with E-state index in [4.69, 9.17) is 4.74 Å². The lowest BCUT2D eigenvalue weighted by molar-refractivity contribution is -0.135. The Balaban J connectivity index is 1.46. The van der Waals surface area contributed by atoms with Crippen molar-refractivity contribution in [3.63, 3.8) is 0 Å². The van der Waals surface area contributed by atoms with E-state index < -0.39 is 23.6 Å². The minimum Gasteiger partial charge on any atom is -0.465 e. The van der Waals surface area contributed by atoms with E-state index in [0.29, 0.717) is 37.3 Å². The van der Waals surface area contributed by atoms with Gasteiger partial charge in [-0.3, -0.25) is 28.9 Å². The molecule has 37 heavy (non-hydrogen) atoms. The molecule has 2 saturated heterocycles. The Bertz CT molecular complexity index is 1340. The highest BCUT2D eigenvalue weighted by Crippen LogP contribution is 2.23. The molecule has 198 valence electrons. The van der Waals surface area contributed by atoms with Crippen LogP contribution in [-0.2, 0) is 21.4 Å². The summed E-state index contributed by atoms with van der Waals surface area (Å²) in [5.41, 5.74) is 1.17. The number of nitrogens with zero attached hydrogens (tertiary/aromatic N) is 4. The molecule has 0 radical (unpaired) electrons. The molecule has 1 unspecified atom stereocenters. The van der Waals surface area contributed by atoms with Crippen molar-refractivity contribution < 1.29 is 24.2 Å². The molecule has 0 saturated carbocycles. The van der Waals surface area contributed by atoms with Gasteiger partial charge in [0, 0.05) is 37.7 Å². The number of aryl methyl sites for hydroxylation is 1. The summed E-state index contributed by atoms with van der Waals surface area (Å²) in [7, 11) is 1.65. The van der Waals surface area contributed by atoms with Gasteiger partial charge in [0.15, 0.2) is 0 Å². The predicted octanol–water partition coefficient (Wildman–Crippen LogP) is 1.15. The van der Waals surface area contributed by atoms with Crippen molar-refractivity contribution in [3.05, 3.63) is 34.2 Å². The zero-order chi connectivity index (χ0) is 26.9. The standard InChI is InChI=1S/C26H33N5O6/c1-26(2,3)30(25(35)36)16-18-15-29(12-13-37-18)11-5-6-17-7-8-19-21(14-17)28(4)24(34)31(19)20-9-10-22(32)27-23(20)33/h7-8,14,18,20H,9-13,15-16H2,1-4H3,(H,35,36)(H,27,32,33)/t18-,20?/m0/s1. The van der Waals surface area contributed by atoms with Crippen molar-refractivity contribution in [2.45, 2.75) is 51.3 Å². The number of imide groups is 1. The molecule has 11 heteroatoms. The van der Waals surface area contributed by atoms with Gasteiger partial charge in [0.2, 0.25) is 11.8 Å². The van der Waals surface area contributed by atoms with Crippen LogP contribution in [0, 0.1) is 11.8 Å². The molecule has 3 heterocycles. The van der Waals surface area contributed by atoms with Gasteiger partial charge in [0.05, 0.1) is 36.8 Å². The van der Waals surface area contributed by atoms with E-state index in [1.807, 2.05) is 32.9 Å². The zero-order valence-electron chi connectivity index (χ0n) is 21.6. The molecule has 0 spiro atoms. The highest BCUT2D eigenvalue weighted by molar-refractivity contribution is 6.00. The largest absolute Gasteiger partial charge is 0.465 e. The first-order chi connectivity index (χ1) is 17.5. The number of rotatable bonds is 4. The van der Waals surface area contributed by atoms with Crippen LogP contribution in [0.4, 0.5) is 4.79 Å². The van der Waals surface area contributed by atoms with Crippen molar-refractivity contribution in [2.24, 2.45) is 7.05 Å². The number of nitrogens with one attached hydrogen (secondary N) is 1. The number of aromatic nitrogens is 2. The maximum absolute atomic E-state index is 12.9. The minimum atomic E-state index is -0.968. The molecular formula is C26H33N5O6. The number of benzene rings is 1. The third-order valence-corrected chi connectivity index (χ3v) is 6.80. The molecule has 0 aliphatic carbocycles. The second kappa shape index (κ2) is 10.4. The van der Waals surface area contributed by atoms with Gasteiger partial charge in [0.1, 0.15) is 6.04 Å². The maximum atomic E-state index is 12.9. The van der Waals surface area contributed by atoms with E-state index in [1.165, 1.54) is 14.0 Å². The van der Waals surface area contributed by atoms with Crippen LogP contribution in [0.25, 0.3) is 11.0 Å². The first-order valence-corrected chi connectivity index (χ1v) is 12.3. The van der Waals surface area contributed by atoms with E-state index in [2.05, 4.69) is 22.1 Å². The van der Waals surface area contributed by atoms with Gasteiger partial charge in [-0.25, -0.2) is 9.59 Å². The second-order valence-electron chi connectivity index (χ2n) is 10.5. The molecular weight excluding hydrogens is 478 g/mol. The van der Waals surface area contributed by atoms with Crippen molar-refractivity contribution in [3.8, 4) is 11.8 Å². The van der Waals surface area contributed by atoms with E-state index in [0.717, 1.165) is 5.56 Å². The fraction of sp³-hybridized carbons (Fsp3) is 0.538. The number of imidazole rings is 1. The number of piperidine rings is 1. The molecule has 2 aromatic rings. The summed E-state index contributed by atoms with van der Waals surface area (Å²) in [6.07, 6.45) is -0.727. The van der Waals surface area contributed by atoms with Crippen LogP contribution in [0.2, 0.25) is 0 Å². The highest BCUT2D eigenvalue weighted by atomic mass is 16.5. The third-order valence-electron chi connectivity index (χ3n) is 6.80. The van der Waals surface area contributed by atoms with Crippen LogP contribution < -0.4 is 11.0 Å². The fourth-order valence-corrected chi connectivity index (χ4v) is 4.80. The summed E-state index contributed by atoms with van der Waals surface area (Å²) < 4.78 is 8.74. The number of hydrogen-bond donors (Lipinski definition) is 2. The average molecular weight is 512 g/mol. The second-order valence-corrected chi connectivity index (χ2v) is 10.5. The Morgan fingerprint density at radius 1 is 1.24 bits per heavy atom. The van der Waals surface area contributed by atoms with E-state index in [-0.39, 0.29) is 37.1 Å². The zero-order valence-corrected chi connectivity index (χ0v) is 21.6. The number of ether oxygens (including phenoxy) is 1. The SMILES string of the molecule is Cn1c(=O)n(C2CCC(=O)NC2=O)c2ccc(C#CCN3CCO[C@H](CN(C(=O)O)C(C)(C)C)C3)cc21. The Kier molecular flexibility index (Phi) is 7.43. The number of fused-ring (bicyclic) bond motifs is 1. The van der Waals surface area contributed by atoms with E-state index >= 15 is 0 Å². The van der Waals surface area contributed by atoms with E-state index in [9.17, 15) is 24.3 Å². The molecule has 2 aliphatic heterocycles.